The minimum Gasteiger partial charge on any atom is -0.394 e. The van der Waals surface area contributed by atoms with Crippen LogP contribution in [0.5, 0.6) is 0 Å². The molecular formula is C14H18N4O. The second-order valence-electron chi connectivity index (χ2n) is 4.77. The van der Waals surface area contributed by atoms with E-state index in [4.69, 9.17) is 0 Å². The van der Waals surface area contributed by atoms with Gasteiger partial charge in [0, 0.05) is 37.8 Å². The highest BCUT2D eigenvalue weighted by molar-refractivity contribution is 5.77. The highest BCUT2D eigenvalue weighted by atomic mass is 16.3. The predicted molar refractivity (Wildman–Crippen MR) is 73.8 cm³/mol. The van der Waals surface area contributed by atoms with E-state index in [0.717, 1.165) is 37.1 Å². The minimum absolute atomic E-state index is 0.0539. The fourth-order valence-corrected chi connectivity index (χ4v) is 2.50. The number of fused-ring (bicyclic) bond motifs is 1. The summed E-state index contributed by atoms with van der Waals surface area (Å²) in [5, 5.41) is 14.0. The topological polar surface area (TPSA) is 61.3 Å². The number of hydrogen-bond acceptors (Lipinski definition) is 5. The molecule has 1 saturated heterocycles. The van der Waals surface area contributed by atoms with Crippen LogP contribution >= 0.6 is 0 Å². The summed E-state index contributed by atoms with van der Waals surface area (Å²) in [5.74, 6) is 0.711. The summed E-state index contributed by atoms with van der Waals surface area (Å²) in [6.07, 6.45) is 1.84. The van der Waals surface area contributed by atoms with E-state index < -0.39 is 0 Å². The molecule has 1 fully saturated rings. The van der Waals surface area contributed by atoms with Crippen LogP contribution in [0.25, 0.3) is 10.9 Å². The van der Waals surface area contributed by atoms with Gasteiger partial charge in [0.2, 0.25) is 0 Å². The number of nitrogens with one attached hydrogen (secondary N) is 1. The highest BCUT2D eigenvalue weighted by Gasteiger charge is 2.23. The molecule has 0 saturated carbocycles. The number of hydrogen-bond donors (Lipinski definition) is 2. The smallest absolute Gasteiger partial charge is 0.148 e. The minimum atomic E-state index is -0.105. The third-order valence-electron chi connectivity index (χ3n) is 3.57. The first-order valence-corrected chi connectivity index (χ1v) is 6.66. The van der Waals surface area contributed by atoms with Gasteiger partial charge in [-0.05, 0) is 6.07 Å². The lowest BCUT2D eigenvalue weighted by atomic mass is 10.2. The zero-order valence-corrected chi connectivity index (χ0v) is 10.8. The average molecular weight is 258 g/mol. The molecule has 5 nitrogen and oxygen atoms in total. The lowest BCUT2D eigenvalue weighted by molar-refractivity contribution is 0.105. The van der Waals surface area contributed by atoms with Crippen molar-refractivity contribution < 1.29 is 5.11 Å². The van der Waals surface area contributed by atoms with Gasteiger partial charge in [-0.15, -0.1) is 0 Å². The molecule has 100 valence electrons. The highest BCUT2D eigenvalue weighted by Crippen LogP contribution is 2.19. The third kappa shape index (κ3) is 2.58. The summed E-state index contributed by atoms with van der Waals surface area (Å²) >= 11 is 0. The van der Waals surface area contributed by atoms with Crippen molar-refractivity contribution in [1.29, 1.82) is 0 Å². The Labute approximate surface area is 112 Å². The summed E-state index contributed by atoms with van der Waals surface area (Å²) in [6.45, 7) is 3.79. The van der Waals surface area contributed by atoms with Gasteiger partial charge in [-0.2, -0.15) is 0 Å². The van der Waals surface area contributed by atoms with Crippen molar-refractivity contribution in [1.82, 2.24) is 20.2 Å². The van der Waals surface area contributed by atoms with Gasteiger partial charge in [0.05, 0.1) is 18.2 Å². The van der Waals surface area contributed by atoms with Crippen LogP contribution in [-0.4, -0.2) is 52.8 Å². The molecular weight excluding hydrogens is 240 g/mol. The average Bonchev–Trinajstić information content (AvgIpc) is 2.49. The molecule has 1 unspecified atom stereocenters. The Kier molecular flexibility index (Phi) is 3.68. The van der Waals surface area contributed by atoms with E-state index in [0.29, 0.717) is 5.82 Å². The summed E-state index contributed by atoms with van der Waals surface area (Å²) in [5.41, 5.74) is 0.932. The molecule has 0 amide bonds. The van der Waals surface area contributed by atoms with Crippen molar-refractivity contribution in [2.45, 2.75) is 6.04 Å². The van der Waals surface area contributed by atoms with E-state index in [2.05, 4.69) is 20.2 Å². The summed E-state index contributed by atoms with van der Waals surface area (Å²) in [6, 6.07) is 7.82. The Morgan fingerprint density at radius 3 is 2.84 bits per heavy atom. The number of benzene rings is 1. The predicted octanol–water partition coefficient (Wildman–Crippen LogP) is 0.568. The maximum atomic E-state index is 9.66. The zero-order valence-electron chi connectivity index (χ0n) is 10.8. The number of rotatable bonds is 3. The Balaban J connectivity index is 1.91. The Morgan fingerprint density at radius 2 is 2.05 bits per heavy atom. The maximum absolute atomic E-state index is 9.66. The van der Waals surface area contributed by atoms with Crippen molar-refractivity contribution in [2.75, 3.05) is 32.8 Å². The molecule has 19 heavy (non-hydrogen) atoms. The van der Waals surface area contributed by atoms with Gasteiger partial charge in [0.25, 0.3) is 0 Å². The molecule has 3 rings (SSSR count). The standard InChI is InChI=1S/C14H18N4O/c19-10-13(18-7-5-15-6-8-18)14-16-9-11-3-1-2-4-12(11)17-14/h1-4,9,13,15,19H,5-8,10H2. The fraction of sp³-hybridized carbons (Fsp3) is 0.429. The molecule has 1 aromatic carbocycles. The van der Waals surface area contributed by atoms with E-state index in [1.165, 1.54) is 0 Å². The van der Waals surface area contributed by atoms with Gasteiger partial charge in [0.15, 0.2) is 0 Å². The number of piperazine rings is 1. The van der Waals surface area contributed by atoms with Crippen molar-refractivity contribution in [3.8, 4) is 0 Å². The number of para-hydroxylation sites is 1. The molecule has 0 aliphatic carbocycles. The van der Waals surface area contributed by atoms with E-state index in [-0.39, 0.29) is 12.6 Å². The second-order valence-corrected chi connectivity index (χ2v) is 4.77. The summed E-state index contributed by atoms with van der Waals surface area (Å²) < 4.78 is 0. The van der Waals surface area contributed by atoms with E-state index in [1.807, 2.05) is 30.5 Å². The Morgan fingerprint density at radius 1 is 1.26 bits per heavy atom. The first kappa shape index (κ1) is 12.5. The molecule has 0 radical (unpaired) electrons. The monoisotopic (exact) mass is 258 g/mol. The van der Waals surface area contributed by atoms with Gasteiger partial charge in [0.1, 0.15) is 5.82 Å². The van der Waals surface area contributed by atoms with Crippen LogP contribution in [0.2, 0.25) is 0 Å². The van der Waals surface area contributed by atoms with E-state index in [9.17, 15) is 5.11 Å². The van der Waals surface area contributed by atoms with Gasteiger partial charge in [-0.1, -0.05) is 18.2 Å². The first-order chi connectivity index (χ1) is 9.38. The van der Waals surface area contributed by atoms with Crippen LogP contribution < -0.4 is 5.32 Å². The van der Waals surface area contributed by atoms with Gasteiger partial charge in [-0.25, -0.2) is 9.97 Å². The lowest BCUT2D eigenvalue weighted by Crippen LogP contribution is -2.46. The normalized spacial score (nSPS) is 18.6. The SMILES string of the molecule is OCC(c1ncc2ccccc2n1)N1CCNCC1. The molecule has 1 aliphatic rings. The molecule has 1 aromatic heterocycles. The fourth-order valence-electron chi connectivity index (χ4n) is 2.50. The molecule has 5 heteroatoms. The van der Waals surface area contributed by atoms with Crippen LogP contribution in [0.15, 0.2) is 30.5 Å². The van der Waals surface area contributed by atoms with Gasteiger partial charge >= 0.3 is 0 Å². The van der Waals surface area contributed by atoms with Crippen molar-refractivity contribution in [3.05, 3.63) is 36.3 Å². The number of aliphatic hydroxyl groups excluding tert-OH is 1. The lowest BCUT2D eigenvalue weighted by Gasteiger charge is -2.32. The Hall–Kier alpha value is -1.56. The first-order valence-electron chi connectivity index (χ1n) is 6.66. The third-order valence-corrected chi connectivity index (χ3v) is 3.57. The summed E-state index contributed by atoms with van der Waals surface area (Å²) in [7, 11) is 0. The number of aromatic nitrogens is 2. The van der Waals surface area contributed by atoms with Crippen molar-refractivity contribution in [3.63, 3.8) is 0 Å². The number of aliphatic hydroxyl groups is 1. The van der Waals surface area contributed by atoms with Crippen LogP contribution in [-0.2, 0) is 0 Å². The molecule has 1 atom stereocenters. The van der Waals surface area contributed by atoms with Crippen molar-refractivity contribution in [2.24, 2.45) is 0 Å². The maximum Gasteiger partial charge on any atom is 0.148 e. The summed E-state index contributed by atoms with van der Waals surface area (Å²) in [4.78, 5) is 11.2. The van der Waals surface area contributed by atoms with Crippen LogP contribution in [0.1, 0.15) is 11.9 Å². The van der Waals surface area contributed by atoms with Gasteiger partial charge in [-0.3, -0.25) is 4.90 Å². The molecule has 1 aliphatic heterocycles. The molecule has 2 heterocycles. The Bertz CT molecular complexity index is 554. The van der Waals surface area contributed by atoms with E-state index >= 15 is 0 Å². The van der Waals surface area contributed by atoms with Crippen LogP contribution in [0, 0.1) is 0 Å². The van der Waals surface area contributed by atoms with Crippen LogP contribution in [0.4, 0.5) is 0 Å². The number of nitrogens with zero attached hydrogens (tertiary/aromatic N) is 3. The van der Waals surface area contributed by atoms with E-state index in [1.54, 1.807) is 0 Å². The van der Waals surface area contributed by atoms with Crippen molar-refractivity contribution >= 4 is 10.9 Å². The molecule has 0 spiro atoms. The largest absolute Gasteiger partial charge is 0.394 e. The molecule has 0 bridgehead atoms. The second kappa shape index (κ2) is 5.61. The zero-order chi connectivity index (χ0) is 13.1. The molecule has 2 aromatic rings. The van der Waals surface area contributed by atoms with Gasteiger partial charge < -0.3 is 10.4 Å². The quantitative estimate of drug-likeness (QED) is 0.843. The van der Waals surface area contributed by atoms with Crippen LogP contribution in [0.3, 0.4) is 0 Å². The molecule has 2 N–H and O–H groups in total.